The Morgan fingerprint density at radius 3 is 2.33 bits per heavy atom. The van der Waals surface area contributed by atoms with Gasteiger partial charge < -0.3 is 5.32 Å². The van der Waals surface area contributed by atoms with Crippen molar-refractivity contribution in [3.05, 3.63) is 82.2 Å². The zero-order valence-electron chi connectivity index (χ0n) is 14.9. The molecule has 0 fully saturated rings. The van der Waals surface area contributed by atoms with Crippen molar-refractivity contribution >= 4 is 23.2 Å². The summed E-state index contributed by atoms with van der Waals surface area (Å²) in [6.07, 6.45) is 0. The number of carbonyl (C=O) groups excluding carboxylic acids is 3. The molecule has 0 bridgehead atoms. The van der Waals surface area contributed by atoms with Crippen molar-refractivity contribution in [3.63, 3.8) is 0 Å². The summed E-state index contributed by atoms with van der Waals surface area (Å²) < 4.78 is 1.72. The van der Waals surface area contributed by atoms with Crippen LogP contribution in [0.25, 0.3) is 0 Å². The van der Waals surface area contributed by atoms with Crippen molar-refractivity contribution in [2.75, 3.05) is 5.32 Å². The predicted octanol–water partition coefficient (Wildman–Crippen LogP) is 3.24. The van der Waals surface area contributed by atoms with Crippen LogP contribution in [-0.2, 0) is 6.54 Å². The summed E-state index contributed by atoms with van der Waals surface area (Å²) in [5.41, 5.74) is 2.71. The van der Waals surface area contributed by atoms with Crippen LogP contribution in [0.15, 0.2) is 48.5 Å². The molecule has 2 aromatic carbocycles. The lowest BCUT2D eigenvalue weighted by Crippen LogP contribution is -2.24. The second-order valence-corrected chi connectivity index (χ2v) is 6.37. The molecule has 0 aliphatic heterocycles. The van der Waals surface area contributed by atoms with Gasteiger partial charge in [0, 0.05) is 28.9 Å². The molecule has 27 heavy (non-hydrogen) atoms. The number of nitrogens with one attached hydrogen (secondary N) is 1. The Labute approximate surface area is 155 Å². The Hall–Kier alpha value is -3.54. The zero-order chi connectivity index (χ0) is 19.1. The summed E-state index contributed by atoms with van der Waals surface area (Å²) >= 11 is 0. The van der Waals surface area contributed by atoms with E-state index < -0.39 is 5.91 Å². The standard InChI is InChI=1S/C21H17N3O3/c1-3-24-12(2)11-17(23-24)21(27)22-16-10-6-9-15-18(16)20(26)14-8-5-4-7-13(14)19(15)25/h4-11H,3H2,1-2H3,(H,22,27). The molecule has 6 heteroatoms. The highest BCUT2D eigenvalue weighted by molar-refractivity contribution is 6.30. The molecule has 0 spiro atoms. The van der Waals surface area contributed by atoms with Crippen molar-refractivity contribution < 1.29 is 14.4 Å². The number of nitrogens with zero attached hydrogens (tertiary/aromatic N) is 2. The lowest BCUT2D eigenvalue weighted by molar-refractivity contribution is 0.0978. The topological polar surface area (TPSA) is 81.1 Å². The van der Waals surface area contributed by atoms with Crippen LogP contribution in [0.3, 0.4) is 0 Å². The first-order valence-corrected chi connectivity index (χ1v) is 8.68. The second-order valence-electron chi connectivity index (χ2n) is 6.37. The first-order valence-electron chi connectivity index (χ1n) is 8.68. The molecule has 134 valence electrons. The van der Waals surface area contributed by atoms with Crippen LogP contribution in [0.5, 0.6) is 0 Å². The maximum Gasteiger partial charge on any atom is 0.276 e. The number of aromatic nitrogens is 2. The molecule has 4 rings (SSSR count). The Bertz CT molecular complexity index is 1110. The van der Waals surface area contributed by atoms with Gasteiger partial charge in [-0.1, -0.05) is 36.4 Å². The van der Waals surface area contributed by atoms with Gasteiger partial charge in [0.25, 0.3) is 5.91 Å². The largest absolute Gasteiger partial charge is 0.320 e. The minimum Gasteiger partial charge on any atom is -0.320 e. The fourth-order valence-electron chi connectivity index (χ4n) is 3.38. The SMILES string of the molecule is CCn1nc(C(=O)Nc2cccc3c2C(=O)c2ccccc2C3=O)cc1C. The number of carbonyl (C=O) groups is 3. The van der Waals surface area contributed by atoms with Gasteiger partial charge in [0.1, 0.15) is 0 Å². The van der Waals surface area contributed by atoms with Gasteiger partial charge in [-0.25, -0.2) is 0 Å². The number of anilines is 1. The van der Waals surface area contributed by atoms with Gasteiger partial charge in [0.05, 0.1) is 11.3 Å². The van der Waals surface area contributed by atoms with Gasteiger partial charge in [-0.2, -0.15) is 5.10 Å². The second kappa shape index (κ2) is 6.32. The molecular weight excluding hydrogens is 342 g/mol. The third-order valence-electron chi connectivity index (χ3n) is 4.71. The first-order chi connectivity index (χ1) is 13.0. The van der Waals surface area contributed by atoms with Crippen molar-refractivity contribution in [1.29, 1.82) is 0 Å². The van der Waals surface area contributed by atoms with Crippen molar-refractivity contribution in [2.45, 2.75) is 20.4 Å². The molecule has 0 saturated heterocycles. The number of hydrogen-bond donors (Lipinski definition) is 1. The number of hydrogen-bond acceptors (Lipinski definition) is 4. The number of fused-ring (bicyclic) bond motifs is 2. The molecule has 0 atom stereocenters. The predicted molar refractivity (Wildman–Crippen MR) is 100 cm³/mol. The van der Waals surface area contributed by atoms with Gasteiger partial charge in [-0.05, 0) is 26.0 Å². The first kappa shape index (κ1) is 16.9. The molecule has 1 heterocycles. The maximum atomic E-state index is 13.0. The number of benzene rings is 2. The van der Waals surface area contributed by atoms with Crippen LogP contribution in [0.2, 0.25) is 0 Å². The van der Waals surface area contributed by atoms with Crippen LogP contribution in [0.4, 0.5) is 5.69 Å². The summed E-state index contributed by atoms with van der Waals surface area (Å²) in [6, 6.07) is 13.3. The summed E-state index contributed by atoms with van der Waals surface area (Å²) in [6.45, 7) is 4.47. The summed E-state index contributed by atoms with van der Waals surface area (Å²) in [5.74, 6) is -0.911. The van der Waals surface area contributed by atoms with E-state index in [1.54, 1.807) is 53.2 Å². The molecular formula is C21H17N3O3. The molecule has 6 nitrogen and oxygen atoms in total. The zero-order valence-corrected chi connectivity index (χ0v) is 14.9. The molecule has 0 saturated carbocycles. The van der Waals surface area contributed by atoms with Gasteiger partial charge in [-0.3, -0.25) is 19.1 Å². The number of aryl methyl sites for hydroxylation is 2. The van der Waals surface area contributed by atoms with Crippen LogP contribution >= 0.6 is 0 Å². The van der Waals surface area contributed by atoms with Crippen LogP contribution < -0.4 is 5.32 Å². The van der Waals surface area contributed by atoms with Crippen molar-refractivity contribution in [3.8, 4) is 0 Å². The molecule has 1 amide bonds. The highest BCUT2D eigenvalue weighted by Gasteiger charge is 2.31. The molecule has 1 N–H and O–H groups in total. The average Bonchev–Trinajstić information content (AvgIpc) is 3.07. The minimum atomic E-state index is -0.419. The molecule has 3 aromatic rings. The van der Waals surface area contributed by atoms with Crippen LogP contribution in [0.1, 0.15) is 54.9 Å². The number of amides is 1. The molecule has 0 unspecified atom stereocenters. The third-order valence-corrected chi connectivity index (χ3v) is 4.71. The highest BCUT2D eigenvalue weighted by Crippen LogP contribution is 2.32. The molecule has 0 radical (unpaired) electrons. The lowest BCUT2D eigenvalue weighted by Gasteiger charge is -2.20. The Balaban J connectivity index is 1.75. The summed E-state index contributed by atoms with van der Waals surface area (Å²) in [5, 5.41) is 7.00. The summed E-state index contributed by atoms with van der Waals surface area (Å²) in [4.78, 5) is 38.4. The van der Waals surface area contributed by atoms with E-state index in [1.807, 2.05) is 13.8 Å². The lowest BCUT2D eigenvalue weighted by atomic mass is 9.83. The van der Waals surface area contributed by atoms with E-state index in [-0.39, 0.29) is 22.8 Å². The quantitative estimate of drug-likeness (QED) is 0.609. The Morgan fingerprint density at radius 2 is 1.67 bits per heavy atom. The smallest absolute Gasteiger partial charge is 0.276 e. The van der Waals surface area contributed by atoms with E-state index in [9.17, 15) is 14.4 Å². The van der Waals surface area contributed by atoms with Gasteiger partial charge in [0.2, 0.25) is 0 Å². The van der Waals surface area contributed by atoms with E-state index in [0.29, 0.717) is 28.9 Å². The minimum absolute atomic E-state index is 0.220. The highest BCUT2D eigenvalue weighted by atomic mass is 16.2. The van der Waals surface area contributed by atoms with E-state index in [4.69, 9.17) is 0 Å². The van der Waals surface area contributed by atoms with Crippen LogP contribution in [0, 0.1) is 6.92 Å². The Kier molecular flexibility index (Phi) is 3.96. The fraction of sp³-hybridized carbons (Fsp3) is 0.143. The summed E-state index contributed by atoms with van der Waals surface area (Å²) in [7, 11) is 0. The maximum absolute atomic E-state index is 13.0. The Morgan fingerprint density at radius 1 is 1.00 bits per heavy atom. The number of ketones is 2. The van der Waals surface area contributed by atoms with E-state index in [0.717, 1.165) is 5.69 Å². The fourth-order valence-corrected chi connectivity index (χ4v) is 3.38. The van der Waals surface area contributed by atoms with Crippen molar-refractivity contribution in [1.82, 2.24) is 9.78 Å². The van der Waals surface area contributed by atoms with E-state index in [2.05, 4.69) is 10.4 Å². The number of rotatable bonds is 3. The van der Waals surface area contributed by atoms with E-state index in [1.165, 1.54) is 0 Å². The van der Waals surface area contributed by atoms with Gasteiger partial charge in [-0.15, -0.1) is 0 Å². The van der Waals surface area contributed by atoms with Crippen molar-refractivity contribution in [2.24, 2.45) is 0 Å². The third kappa shape index (κ3) is 2.66. The monoisotopic (exact) mass is 359 g/mol. The van der Waals surface area contributed by atoms with Gasteiger partial charge in [0.15, 0.2) is 17.3 Å². The molecule has 1 aliphatic carbocycles. The molecule has 1 aromatic heterocycles. The van der Waals surface area contributed by atoms with Crippen LogP contribution in [-0.4, -0.2) is 27.3 Å². The van der Waals surface area contributed by atoms with Gasteiger partial charge >= 0.3 is 0 Å². The average molecular weight is 359 g/mol. The normalized spacial score (nSPS) is 12.5. The molecule has 1 aliphatic rings. The van der Waals surface area contributed by atoms with E-state index >= 15 is 0 Å².